The highest BCUT2D eigenvalue weighted by Gasteiger charge is 2.39. The molecule has 0 atom stereocenters. The highest BCUT2D eigenvalue weighted by Crippen LogP contribution is 2.56. The van der Waals surface area contributed by atoms with Crippen LogP contribution in [0.15, 0.2) is 405 Å². The van der Waals surface area contributed by atoms with Crippen LogP contribution >= 0.6 is 0 Å². The molecule has 0 amide bonds. The van der Waals surface area contributed by atoms with Gasteiger partial charge >= 0.3 is 0 Å². The molecule has 26 rings (SSSR count). The number of hydrogen-bond donors (Lipinski definition) is 0. The molecule has 125 heavy (non-hydrogen) atoms. The van der Waals surface area contributed by atoms with Crippen LogP contribution in [0.2, 0.25) is 0 Å². The molecule has 5 aromatic heterocycles. The lowest BCUT2D eigenvalue weighted by molar-refractivity contribution is 0.661. The molecule has 7 heteroatoms. The third kappa shape index (κ3) is 10.5. The van der Waals surface area contributed by atoms with Crippen molar-refractivity contribution < 1.29 is 4.42 Å². The Labute approximate surface area is 721 Å². The first-order valence-corrected chi connectivity index (χ1v) is 43.3. The quantitative estimate of drug-likeness (QED) is 0.129. The minimum Gasteiger partial charge on any atom is -0.455 e. The van der Waals surface area contributed by atoms with Gasteiger partial charge in [0.25, 0.3) is 0 Å². The van der Waals surface area contributed by atoms with Crippen molar-refractivity contribution in [3.05, 3.63) is 423 Å². The Morgan fingerprint density at radius 2 is 0.720 bits per heavy atom. The first kappa shape index (κ1) is 70.8. The number of furan rings is 1. The van der Waals surface area contributed by atoms with E-state index in [0.717, 1.165) is 160 Å². The van der Waals surface area contributed by atoms with Crippen molar-refractivity contribution in [2.75, 3.05) is 4.90 Å². The van der Waals surface area contributed by atoms with Gasteiger partial charge in [-0.3, -0.25) is 4.57 Å². The molecular formula is C118H78N6O. The molecule has 7 nitrogen and oxygen atoms in total. The average Bonchev–Trinajstić information content (AvgIpc) is 1.54. The van der Waals surface area contributed by atoms with Crippen LogP contribution in [-0.4, -0.2) is 23.7 Å². The van der Waals surface area contributed by atoms with Gasteiger partial charge in [-0.15, -0.1) is 0 Å². The number of hydrogen-bond acceptors (Lipinski definition) is 4. The zero-order valence-electron chi connectivity index (χ0n) is 69.2. The third-order valence-corrected chi connectivity index (χ3v) is 27.6. The summed E-state index contributed by atoms with van der Waals surface area (Å²) in [6, 6.07) is 148. The molecule has 0 N–H and O–H groups in total. The van der Waals surface area contributed by atoms with E-state index < -0.39 is 0 Å². The molecule has 24 aromatic rings. The maximum Gasteiger partial charge on any atom is 0.235 e. The van der Waals surface area contributed by atoms with Gasteiger partial charge in [-0.25, -0.2) is 9.97 Å². The molecule has 0 saturated carbocycles. The molecule has 0 fully saturated rings. The van der Waals surface area contributed by atoms with E-state index in [1.807, 2.05) is 0 Å². The van der Waals surface area contributed by atoms with Crippen LogP contribution in [-0.2, 0) is 10.8 Å². The summed E-state index contributed by atoms with van der Waals surface area (Å²) in [5.41, 5.74) is 34.7. The summed E-state index contributed by atoms with van der Waals surface area (Å²) in [6.45, 7) is 9.52. The Morgan fingerprint density at radius 1 is 0.256 bits per heavy atom. The van der Waals surface area contributed by atoms with Crippen LogP contribution in [0.1, 0.15) is 49.9 Å². The highest BCUT2D eigenvalue weighted by molar-refractivity contribution is 6.27. The number of benzene rings is 19. The van der Waals surface area contributed by atoms with Crippen molar-refractivity contribution in [1.29, 1.82) is 0 Å². The van der Waals surface area contributed by atoms with Crippen LogP contribution < -0.4 is 4.90 Å². The molecule has 19 aromatic carbocycles. The van der Waals surface area contributed by atoms with Crippen molar-refractivity contribution in [2.24, 2.45) is 0 Å². The average molecular weight is 1600 g/mol. The number of nitrogens with zero attached hydrogens (tertiary/aromatic N) is 6. The molecular weight excluding hydrogens is 1520 g/mol. The van der Waals surface area contributed by atoms with Gasteiger partial charge in [-0.2, -0.15) is 0 Å². The lowest BCUT2D eigenvalue weighted by atomic mass is 9.82. The van der Waals surface area contributed by atoms with Crippen molar-refractivity contribution in [2.45, 2.75) is 38.5 Å². The Bertz CT molecular complexity index is 8650. The number of fused-ring (bicyclic) bond motifs is 23. The Morgan fingerprint density at radius 3 is 1.34 bits per heavy atom. The zero-order chi connectivity index (χ0) is 82.7. The smallest absolute Gasteiger partial charge is 0.235 e. The van der Waals surface area contributed by atoms with Crippen molar-refractivity contribution >= 4 is 137 Å². The summed E-state index contributed by atoms with van der Waals surface area (Å²) in [5, 5.41) is 14.7. The molecule has 0 saturated heterocycles. The summed E-state index contributed by atoms with van der Waals surface area (Å²) in [5.74, 6) is 0.573. The summed E-state index contributed by atoms with van der Waals surface area (Å²) in [4.78, 5) is 14.2. The second-order valence-corrected chi connectivity index (χ2v) is 35.1. The van der Waals surface area contributed by atoms with Gasteiger partial charge in [-0.05, 0) is 215 Å². The van der Waals surface area contributed by atoms with Crippen molar-refractivity contribution in [3.63, 3.8) is 0 Å². The fraction of sp³-hybridized carbons (Fsp3) is 0.0508. The zero-order valence-corrected chi connectivity index (χ0v) is 69.2. The lowest BCUT2D eigenvalue weighted by Crippen LogP contribution is -2.15. The van der Waals surface area contributed by atoms with Crippen molar-refractivity contribution in [3.8, 4) is 95.3 Å². The second-order valence-electron chi connectivity index (χ2n) is 35.1. The second kappa shape index (κ2) is 26.8. The first-order valence-electron chi connectivity index (χ1n) is 43.3. The molecule has 2 aliphatic carbocycles. The molecule has 0 radical (unpaired) electrons. The van der Waals surface area contributed by atoms with E-state index in [0.29, 0.717) is 5.95 Å². The van der Waals surface area contributed by atoms with E-state index in [9.17, 15) is 0 Å². The van der Waals surface area contributed by atoms with Crippen LogP contribution in [0, 0.1) is 0 Å². The van der Waals surface area contributed by atoms with E-state index in [2.05, 4.69) is 447 Å². The number of anilines is 3. The molecule has 0 aliphatic heterocycles. The first-order chi connectivity index (χ1) is 61.5. The SMILES string of the molecule is CC1(C)c2ccccc2-c2cc3c4c5ccccc5c(N(c5ccc(-c6ccccc6)cc5)c5cc(-c6ccccc6)cc(-c6ccc7c(c6)oc6c(-c8nc(-n9c%10cc%11c(cc%10c%10c%12ccccc%12c(-n%12c%13ccccc%13c%13ccccc%13%12)cc%109)-c9ccccc9C%11(C)C)nc9ccccc89)cccc67)c5)cc4n(-c4ccc(-c5ccccc5)cc4)c3cc21. The maximum absolute atomic E-state index is 7.54. The van der Waals surface area contributed by atoms with E-state index in [-0.39, 0.29) is 10.8 Å². The van der Waals surface area contributed by atoms with E-state index in [1.165, 1.54) is 88.1 Å². The fourth-order valence-corrected chi connectivity index (χ4v) is 21.7. The summed E-state index contributed by atoms with van der Waals surface area (Å²) < 4.78 is 14.9. The van der Waals surface area contributed by atoms with Crippen LogP contribution in [0.4, 0.5) is 17.1 Å². The van der Waals surface area contributed by atoms with Gasteiger partial charge in [0.15, 0.2) is 0 Å². The van der Waals surface area contributed by atoms with Gasteiger partial charge in [0, 0.05) is 92.7 Å². The van der Waals surface area contributed by atoms with Gasteiger partial charge in [-0.1, -0.05) is 313 Å². The van der Waals surface area contributed by atoms with Crippen molar-refractivity contribution in [1.82, 2.24) is 23.7 Å². The van der Waals surface area contributed by atoms with Gasteiger partial charge in [0.2, 0.25) is 5.95 Å². The highest BCUT2D eigenvalue weighted by atomic mass is 16.3. The molecule has 0 bridgehead atoms. The Hall–Kier alpha value is -16.0. The predicted octanol–water partition coefficient (Wildman–Crippen LogP) is 31.5. The predicted molar refractivity (Wildman–Crippen MR) is 522 cm³/mol. The van der Waals surface area contributed by atoms with E-state index in [4.69, 9.17) is 14.4 Å². The van der Waals surface area contributed by atoms with Gasteiger partial charge in [0.05, 0.1) is 55.7 Å². The standard InChI is InChI=1S/C118H78N6O/c1-117(2)98-46-23-18-35-82(98)94-65-96-105(67-100(94)117)122(80-58-53-75(54-59-80)72-31-10-6-11-32-72)109-69-107(86-39-14-16-41-89(86)112(96)109)121(79-56-51-74(52-57-79)71-29-8-5-9-30-71)81-62-77(73-33-12-7-13-34-73)61-78(63-81)76-55-60-88-91-44-28-45-93(115(91)125-111(88)64-76)114-92-43-20-25-48-102(92)119-116(120-114)124-106-68-101-95(83-36-19-24-47-99(83)118(101,3)4)66-97(106)113-90-42-17-15-40-87(90)108(70-110(113)124)123-103-49-26-21-37-84(103)85-38-22-27-50-104(85)123/h5-70H,1-4H3. The van der Waals surface area contributed by atoms with Crippen LogP contribution in [0.5, 0.6) is 0 Å². The fourth-order valence-electron chi connectivity index (χ4n) is 21.7. The maximum atomic E-state index is 7.54. The summed E-state index contributed by atoms with van der Waals surface area (Å²) in [7, 11) is 0. The normalized spacial score (nSPS) is 13.2. The van der Waals surface area contributed by atoms with E-state index in [1.54, 1.807) is 0 Å². The molecule has 5 heterocycles. The topological polar surface area (TPSA) is 57.0 Å². The minimum absolute atomic E-state index is 0.226. The number of para-hydroxylation sites is 4. The number of rotatable bonds is 11. The van der Waals surface area contributed by atoms with Crippen LogP contribution in [0.25, 0.3) is 215 Å². The van der Waals surface area contributed by atoms with Crippen LogP contribution in [0.3, 0.4) is 0 Å². The Kier molecular flexibility index (Phi) is 15.2. The summed E-state index contributed by atoms with van der Waals surface area (Å²) >= 11 is 0. The lowest BCUT2D eigenvalue weighted by Gasteiger charge is -2.29. The monoisotopic (exact) mass is 1590 g/mol. The molecule has 586 valence electrons. The molecule has 0 unspecified atom stereocenters. The van der Waals surface area contributed by atoms with Gasteiger partial charge < -0.3 is 18.5 Å². The minimum atomic E-state index is -0.284. The summed E-state index contributed by atoms with van der Waals surface area (Å²) in [6.07, 6.45) is 0. The van der Waals surface area contributed by atoms with Gasteiger partial charge in [0.1, 0.15) is 11.2 Å². The molecule has 2 aliphatic rings. The van der Waals surface area contributed by atoms with E-state index >= 15 is 0 Å². The number of aromatic nitrogens is 5. The third-order valence-electron chi connectivity index (χ3n) is 27.6. The Balaban J connectivity index is 0.677. The molecule has 0 spiro atoms. The largest absolute Gasteiger partial charge is 0.455 e.